The Morgan fingerprint density at radius 1 is 1.14 bits per heavy atom. The summed E-state index contributed by atoms with van der Waals surface area (Å²) in [6.07, 6.45) is -0.486. The van der Waals surface area contributed by atoms with Crippen LogP contribution in [0.5, 0.6) is 0 Å². The lowest BCUT2D eigenvalue weighted by atomic mass is 9.70. The molecule has 3 amide bonds. The first kappa shape index (κ1) is 35.1. The zero-order valence-corrected chi connectivity index (χ0v) is 26.2. The summed E-state index contributed by atoms with van der Waals surface area (Å²) in [7, 11) is -4.58. The number of benzene rings is 1. The Hall–Kier alpha value is -3.10. The van der Waals surface area contributed by atoms with Crippen LogP contribution < -0.4 is 10.6 Å². The largest absolute Gasteiger partial charge is 0.511 e. The molecule has 0 spiro atoms. The lowest BCUT2D eigenvalue weighted by molar-refractivity contribution is -0.151. The standard InChI is InChI=1S/C27H40ClN3O10S/c1-17(2)22(23(33)31-12-11-20(26(3,4)15-31)18-7-9-19(28)10-8-18)30-24(34)29-14-27(5,6)41-25(35)40-16-39-21(32)13-42(36,37)38/h7-10,17,20,22H,11-16H2,1-6H3,(H2,29,30,34)(H,36,37,38)/t20?,22-/m1/s1. The number of likely N-dealkylation sites (tertiary alicyclic amines) is 1. The monoisotopic (exact) mass is 633 g/mol. The van der Waals surface area contributed by atoms with Crippen LogP contribution >= 0.6 is 11.6 Å². The molecule has 1 aromatic carbocycles. The Labute approximate surface area is 251 Å². The van der Waals surface area contributed by atoms with E-state index in [-0.39, 0.29) is 29.7 Å². The molecule has 3 N–H and O–H groups in total. The van der Waals surface area contributed by atoms with Gasteiger partial charge in [0.15, 0.2) is 5.75 Å². The number of carbonyl (C=O) groups excluding carboxylic acids is 4. The van der Waals surface area contributed by atoms with Gasteiger partial charge in [-0.2, -0.15) is 8.42 Å². The van der Waals surface area contributed by atoms with Crippen LogP contribution in [0.25, 0.3) is 0 Å². The zero-order valence-electron chi connectivity index (χ0n) is 24.6. The predicted octanol–water partition coefficient (Wildman–Crippen LogP) is 3.33. The minimum absolute atomic E-state index is 0.158. The molecule has 1 aliphatic heterocycles. The van der Waals surface area contributed by atoms with Gasteiger partial charge in [-0.25, -0.2) is 9.59 Å². The number of nitrogens with zero attached hydrogens (tertiary/aromatic N) is 1. The van der Waals surface area contributed by atoms with E-state index >= 15 is 0 Å². The van der Waals surface area contributed by atoms with Gasteiger partial charge in [0, 0.05) is 18.1 Å². The van der Waals surface area contributed by atoms with Gasteiger partial charge < -0.3 is 29.7 Å². The van der Waals surface area contributed by atoms with Gasteiger partial charge >= 0.3 is 18.2 Å². The zero-order chi connectivity index (χ0) is 31.9. The first-order valence-electron chi connectivity index (χ1n) is 13.3. The smallest absolute Gasteiger partial charge is 0.427 e. The molecule has 13 nitrogen and oxygen atoms in total. The van der Waals surface area contributed by atoms with E-state index < -0.39 is 52.5 Å². The van der Waals surface area contributed by atoms with E-state index in [4.69, 9.17) is 20.9 Å². The maximum absolute atomic E-state index is 13.5. The lowest BCUT2D eigenvalue weighted by Crippen LogP contribution is -2.58. The number of rotatable bonds is 11. The molecule has 1 saturated heterocycles. The summed E-state index contributed by atoms with van der Waals surface area (Å²) in [5, 5.41) is 5.97. The summed E-state index contributed by atoms with van der Waals surface area (Å²) in [6, 6.07) is 6.33. The number of ether oxygens (including phenoxy) is 3. The molecule has 0 saturated carbocycles. The van der Waals surface area contributed by atoms with Gasteiger partial charge in [0.25, 0.3) is 10.1 Å². The molecule has 0 bridgehead atoms. The molecule has 1 aliphatic rings. The van der Waals surface area contributed by atoms with Gasteiger partial charge in [0.05, 0.1) is 6.54 Å². The highest BCUT2D eigenvalue weighted by Gasteiger charge is 2.40. The fraction of sp³-hybridized carbons (Fsp3) is 0.630. The van der Waals surface area contributed by atoms with E-state index in [1.165, 1.54) is 19.4 Å². The second kappa shape index (κ2) is 14.4. The van der Waals surface area contributed by atoms with Crippen molar-refractivity contribution in [1.29, 1.82) is 0 Å². The Morgan fingerprint density at radius 3 is 2.31 bits per heavy atom. The number of hydrogen-bond acceptors (Lipinski definition) is 9. The Bertz CT molecular complexity index is 1240. The van der Waals surface area contributed by atoms with Gasteiger partial charge in [-0.15, -0.1) is 0 Å². The number of halogens is 1. The van der Waals surface area contributed by atoms with Crippen molar-refractivity contribution in [2.75, 3.05) is 32.2 Å². The molecule has 0 aromatic heterocycles. The van der Waals surface area contributed by atoms with E-state index in [9.17, 15) is 27.6 Å². The fourth-order valence-corrected chi connectivity index (χ4v) is 5.19. The van der Waals surface area contributed by atoms with E-state index in [1.54, 1.807) is 4.90 Å². The van der Waals surface area contributed by atoms with Crippen molar-refractivity contribution in [3.63, 3.8) is 0 Å². The van der Waals surface area contributed by atoms with Gasteiger partial charge in [-0.1, -0.05) is 51.4 Å². The molecular weight excluding hydrogens is 594 g/mol. The number of nitrogens with one attached hydrogen (secondary N) is 2. The van der Waals surface area contributed by atoms with Crippen LogP contribution in [0.3, 0.4) is 0 Å². The molecule has 236 valence electrons. The van der Waals surface area contributed by atoms with Crippen LogP contribution in [-0.2, 0) is 33.9 Å². The van der Waals surface area contributed by atoms with Crippen molar-refractivity contribution in [2.45, 2.75) is 65.5 Å². The summed E-state index contributed by atoms with van der Waals surface area (Å²) in [5.41, 5.74) is -0.310. The topological polar surface area (TPSA) is 178 Å². The average molecular weight is 634 g/mol. The normalized spacial score (nSPS) is 17.6. The second-order valence-corrected chi connectivity index (χ2v) is 13.7. The van der Waals surface area contributed by atoms with Gasteiger partial charge in [0.1, 0.15) is 11.6 Å². The fourth-order valence-electron chi connectivity index (χ4n) is 4.68. The van der Waals surface area contributed by atoms with Crippen molar-refractivity contribution < 1.29 is 46.4 Å². The van der Waals surface area contributed by atoms with E-state index in [1.807, 2.05) is 38.1 Å². The van der Waals surface area contributed by atoms with Crippen molar-refractivity contribution in [3.05, 3.63) is 34.9 Å². The van der Waals surface area contributed by atoms with E-state index in [2.05, 4.69) is 34.0 Å². The maximum Gasteiger partial charge on any atom is 0.511 e. The molecule has 15 heteroatoms. The minimum Gasteiger partial charge on any atom is -0.427 e. The molecule has 0 aliphatic carbocycles. The number of amides is 3. The van der Waals surface area contributed by atoms with Crippen LogP contribution in [0.4, 0.5) is 9.59 Å². The Kier molecular flexibility index (Phi) is 12.0. The summed E-state index contributed by atoms with van der Waals surface area (Å²) >= 11 is 6.05. The third-order valence-electron chi connectivity index (χ3n) is 6.76. The van der Waals surface area contributed by atoms with Crippen molar-refractivity contribution >= 4 is 45.8 Å². The number of carbonyl (C=O) groups is 4. The molecule has 1 heterocycles. The van der Waals surface area contributed by atoms with Crippen LogP contribution in [0.1, 0.15) is 59.4 Å². The van der Waals surface area contributed by atoms with Gasteiger partial charge in [0.2, 0.25) is 12.7 Å². The quantitative estimate of drug-likeness (QED) is 0.186. The molecule has 42 heavy (non-hydrogen) atoms. The van der Waals surface area contributed by atoms with Crippen molar-refractivity contribution in [2.24, 2.45) is 11.3 Å². The van der Waals surface area contributed by atoms with Gasteiger partial charge in [-0.3, -0.25) is 14.1 Å². The highest BCUT2D eigenvalue weighted by atomic mass is 35.5. The summed E-state index contributed by atoms with van der Waals surface area (Å²) in [4.78, 5) is 51.1. The van der Waals surface area contributed by atoms with E-state index in [0.717, 1.165) is 6.42 Å². The van der Waals surface area contributed by atoms with Crippen molar-refractivity contribution in [1.82, 2.24) is 15.5 Å². The number of urea groups is 1. The molecule has 1 unspecified atom stereocenters. The lowest BCUT2D eigenvalue weighted by Gasteiger charge is -2.45. The van der Waals surface area contributed by atoms with Gasteiger partial charge in [-0.05, 0) is 55.2 Å². The molecule has 0 radical (unpaired) electrons. The number of hydrogen-bond donors (Lipinski definition) is 3. The third kappa shape index (κ3) is 11.3. The summed E-state index contributed by atoms with van der Waals surface area (Å²) in [5.74, 6) is -2.78. The SMILES string of the molecule is CC(C)[C@@H](NC(=O)NCC(C)(C)OC(=O)OCOC(=O)CS(=O)(=O)O)C(=O)N1CCC(c2ccc(Cl)cc2)C(C)(C)C1. The summed E-state index contributed by atoms with van der Waals surface area (Å²) in [6.45, 7) is 10.8. The van der Waals surface area contributed by atoms with Crippen molar-refractivity contribution in [3.8, 4) is 0 Å². The van der Waals surface area contributed by atoms with Crippen LogP contribution in [0.2, 0.25) is 5.02 Å². The van der Waals surface area contributed by atoms with Crippen LogP contribution in [0, 0.1) is 11.3 Å². The highest BCUT2D eigenvalue weighted by Crippen LogP contribution is 2.42. The van der Waals surface area contributed by atoms with Crippen LogP contribution in [0.15, 0.2) is 24.3 Å². The number of piperidine rings is 1. The first-order valence-corrected chi connectivity index (χ1v) is 15.3. The molecule has 2 atom stereocenters. The average Bonchev–Trinajstić information content (AvgIpc) is 2.84. The van der Waals surface area contributed by atoms with Crippen LogP contribution in [-0.4, -0.2) is 85.8 Å². The molecule has 1 aromatic rings. The molecular formula is C27H40ClN3O10S. The number of esters is 1. The van der Waals surface area contributed by atoms with E-state index in [0.29, 0.717) is 18.1 Å². The maximum atomic E-state index is 13.5. The molecule has 2 rings (SSSR count). The highest BCUT2D eigenvalue weighted by molar-refractivity contribution is 7.86. The first-order chi connectivity index (χ1) is 19.3. The third-order valence-corrected chi connectivity index (χ3v) is 7.62. The molecule has 1 fully saturated rings. The summed E-state index contributed by atoms with van der Waals surface area (Å²) < 4.78 is 43.9. The minimum atomic E-state index is -4.58. The Balaban J connectivity index is 1.88. The Morgan fingerprint density at radius 2 is 1.76 bits per heavy atom. The second-order valence-electron chi connectivity index (χ2n) is 11.8. The predicted molar refractivity (Wildman–Crippen MR) is 153 cm³/mol.